The number of benzene rings is 1. The van der Waals surface area contributed by atoms with Crippen molar-refractivity contribution in [2.45, 2.75) is 13.8 Å². The number of aromatic hydroxyl groups is 1. The van der Waals surface area contributed by atoms with Crippen molar-refractivity contribution in [3.8, 4) is 5.75 Å². The maximum atomic E-state index is 9.55. The van der Waals surface area contributed by atoms with Crippen LogP contribution in [0.3, 0.4) is 0 Å². The third kappa shape index (κ3) is 1.51. The topological polar surface area (TPSA) is 59.1 Å². The van der Waals surface area contributed by atoms with E-state index >= 15 is 0 Å². The van der Waals surface area contributed by atoms with Crippen molar-refractivity contribution in [3.63, 3.8) is 0 Å². The molecule has 0 spiro atoms. The summed E-state index contributed by atoms with van der Waals surface area (Å²) in [6.45, 7) is 3.79. The molecule has 0 fully saturated rings. The van der Waals surface area contributed by atoms with Crippen LogP contribution in [0.4, 0.5) is 5.13 Å². The normalized spacial score (nSPS) is 10.1. The molecule has 1 aromatic carbocycles. The van der Waals surface area contributed by atoms with Gasteiger partial charge in [0.1, 0.15) is 5.75 Å². The van der Waals surface area contributed by atoms with E-state index < -0.39 is 0 Å². The number of nitrogens with zero attached hydrogens (tertiary/aromatic N) is 1. The highest BCUT2D eigenvalue weighted by atomic mass is 35.5. The van der Waals surface area contributed by atoms with Gasteiger partial charge < -0.3 is 23.2 Å². The number of aryl methyl sites for hydroxylation is 2. The molecule has 2 aromatic rings. The Bertz CT molecular complexity index is 481. The highest BCUT2D eigenvalue weighted by molar-refractivity contribution is 7.22. The first-order chi connectivity index (χ1) is 6.09. The lowest BCUT2D eigenvalue weighted by Crippen LogP contribution is -3.00. The van der Waals surface area contributed by atoms with Crippen molar-refractivity contribution in [1.82, 2.24) is 4.98 Å². The van der Waals surface area contributed by atoms with Crippen molar-refractivity contribution >= 4 is 26.7 Å². The Hall–Kier alpha value is -1.00. The van der Waals surface area contributed by atoms with E-state index in [1.807, 2.05) is 13.8 Å². The Kier molecular flexibility index (Phi) is 2.87. The molecule has 0 atom stereocenters. The van der Waals surface area contributed by atoms with Gasteiger partial charge in [0.05, 0.1) is 10.2 Å². The Balaban J connectivity index is 0.000000980. The second-order valence-corrected chi connectivity index (χ2v) is 4.10. The lowest BCUT2D eigenvalue weighted by molar-refractivity contribution is -0.00000375. The van der Waals surface area contributed by atoms with E-state index in [1.54, 1.807) is 6.07 Å². The number of halogens is 1. The Morgan fingerprint density at radius 1 is 1.43 bits per heavy atom. The van der Waals surface area contributed by atoms with Crippen molar-refractivity contribution < 1.29 is 17.5 Å². The number of hydrogen-bond acceptors (Lipinski definition) is 4. The maximum absolute atomic E-state index is 9.55. The summed E-state index contributed by atoms with van der Waals surface area (Å²) >= 11 is 1.41. The van der Waals surface area contributed by atoms with Gasteiger partial charge in [-0.25, -0.2) is 4.98 Å². The van der Waals surface area contributed by atoms with E-state index in [2.05, 4.69) is 4.98 Å². The van der Waals surface area contributed by atoms with Gasteiger partial charge in [-0.05, 0) is 25.5 Å². The van der Waals surface area contributed by atoms with Gasteiger partial charge in [-0.1, -0.05) is 11.3 Å². The molecular formula is C9H10ClN2OS-. The largest absolute Gasteiger partial charge is 1.00 e. The summed E-state index contributed by atoms with van der Waals surface area (Å²) in [4.78, 5) is 4.20. The zero-order valence-electron chi connectivity index (χ0n) is 7.84. The third-order valence-electron chi connectivity index (χ3n) is 2.10. The fraction of sp³-hybridized carbons (Fsp3) is 0.222. The average molecular weight is 230 g/mol. The summed E-state index contributed by atoms with van der Waals surface area (Å²) in [6.07, 6.45) is 0. The minimum Gasteiger partial charge on any atom is -1.00 e. The van der Waals surface area contributed by atoms with Crippen LogP contribution in [0.5, 0.6) is 5.75 Å². The second-order valence-electron chi connectivity index (χ2n) is 3.07. The summed E-state index contributed by atoms with van der Waals surface area (Å²) in [5.74, 6) is 0.314. The monoisotopic (exact) mass is 229 g/mol. The molecule has 0 radical (unpaired) electrons. The molecule has 0 aliphatic rings. The molecular weight excluding hydrogens is 220 g/mol. The molecule has 1 aromatic heterocycles. The summed E-state index contributed by atoms with van der Waals surface area (Å²) < 4.78 is 0.981. The molecule has 3 N–H and O–H groups in total. The number of rotatable bonds is 0. The van der Waals surface area contributed by atoms with Crippen LogP contribution in [0.1, 0.15) is 11.1 Å². The van der Waals surface area contributed by atoms with Gasteiger partial charge in [-0.2, -0.15) is 0 Å². The van der Waals surface area contributed by atoms with E-state index in [-0.39, 0.29) is 12.4 Å². The Morgan fingerprint density at radius 2 is 2.07 bits per heavy atom. The van der Waals surface area contributed by atoms with Gasteiger partial charge in [-0.3, -0.25) is 0 Å². The fourth-order valence-corrected chi connectivity index (χ4v) is 2.26. The molecule has 0 unspecified atom stereocenters. The first-order valence-corrected chi connectivity index (χ1v) is 4.76. The Morgan fingerprint density at radius 3 is 2.71 bits per heavy atom. The molecule has 0 saturated heterocycles. The first-order valence-electron chi connectivity index (χ1n) is 3.95. The van der Waals surface area contributed by atoms with Crippen LogP contribution in [0.25, 0.3) is 10.2 Å². The maximum Gasteiger partial charge on any atom is 0.181 e. The summed E-state index contributed by atoms with van der Waals surface area (Å²) in [5, 5.41) is 10.1. The van der Waals surface area contributed by atoms with E-state index in [1.165, 1.54) is 11.3 Å². The summed E-state index contributed by atoms with van der Waals surface area (Å²) in [6, 6.07) is 1.72. The van der Waals surface area contributed by atoms with Gasteiger partial charge in [0.15, 0.2) is 5.13 Å². The minimum atomic E-state index is 0. The fourth-order valence-electron chi connectivity index (χ4n) is 1.36. The van der Waals surface area contributed by atoms with Crippen LogP contribution < -0.4 is 18.1 Å². The summed E-state index contributed by atoms with van der Waals surface area (Å²) in [7, 11) is 0. The van der Waals surface area contributed by atoms with Crippen LogP contribution in [-0.2, 0) is 0 Å². The third-order valence-corrected chi connectivity index (χ3v) is 3.10. The van der Waals surface area contributed by atoms with Gasteiger partial charge in [-0.15, -0.1) is 0 Å². The van der Waals surface area contributed by atoms with E-state index in [9.17, 15) is 5.11 Å². The summed E-state index contributed by atoms with van der Waals surface area (Å²) in [5.41, 5.74) is 8.33. The number of thiazole rings is 1. The number of hydrogen-bond donors (Lipinski definition) is 2. The first kappa shape index (κ1) is 11.1. The number of nitrogen functional groups attached to an aromatic ring is 1. The van der Waals surface area contributed by atoms with Gasteiger partial charge in [0.25, 0.3) is 0 Å². The van der Waals surface area contributed by atoms with Crippen molar-refractivity contribution in [3.05, 3.63) is 17.2 Å². The predicted molar refractivity (Wildman–Crippen MR) is 55.2 cm³/mol. The van der Waals surface area contributed by atoms with Crippen molar-refractivity contribution in [1.29, 1.82) is 0 Å². The van der Waals surface area contributed by atoms with Crippen LogP contribution in [0, 0.1) is 13.8 Å². The molecule has 0 bridgehead atoms. The molecule has 14 heavy (non-hydrogen) atoms. The standard InChI is InChI=1S/C9H10N2OS.ClH/c1-4-3-6(12)5(2)8-7(4)11-9(10)13-8;/h3,12H,1-2H3,(H2,10,11);1H/p-1. The Labute approximate surface area is 92.0 Å². The smallest absolute Gasteiger partial charge is 0.181 e. The van der Waals surface area contributed by atoms with Gasteiger partial charge in [0.2, 0.25) is 0 Å². The average Bonchev–Trinajstić information content (AvgIpc) is 2.44. The van der Waals surface area contributed by atoms with Crippen LogP contribution in [0.15, 0.2) is 6.07 Å². The lowest BCUT2D eigenvalue weighted by Gasteiger charge is -2.01. The van der Waals surface area contributed by atoms with E-state index in [0.29, 0.717) is 10.9 Å². The van der Waals surface area contributed by atoms with E-state index in [4.69, 9.17) is 5.73 Å². The van der Waals surface area contributed by atoms with Crippen molar-refractivity contribution in [2.24, 2.45) is 0 Å². The zero-order chi connectivity index (χ0) is 9.59. The quantitative estimate of drug-likeness (QED) is 0.622. The molecule has 0 saturated carbocycles. The van der Waals surface area contributed by atoms with Gasteiger partial charge >= 0.3 is 0 Å². The zero-order valence-corrected chi connectivity index (χ0v) is 9.41. The lowest BCUT2D eigenvalue weighted by atomic mass is 10.1. The molecule has 76 valence electrons. The number of phenolic OH excluding ortho intramolecular Hbond substituents is 1. The van der Waals surface area contributed by atoms with Crippen LogP contribution >= 0.6 is 11.3 Å². The van der Waals surface area contributed by atoms with Crippen molar-refractivity contribution in [2.75, 3.05) is 5.73 Å². The predicted octanol–water partition coefficient (Wildman–Crippen LogP) is -0.795. The minimum absolute atomic E-state index is 0. The molecule has 3 nitrogen and oxygen atoms in total. The second kappa shape index (κ2) is 3.63. The highest BCUT2D eigenvalue weighted by Crippen LogP contribution is 2.34. The number of nitrogens with two attached hydrogens (primary N) is 1. The number of phenols is 1. The number of fused-ring (bicyclic) bond motifs is 1. The molecule has 1 heterocycles. The van der Waals surface area contributed by atoms with Crippen LogP contribution in [0.2, 0.25) is 0 Å². The van der Waals surface area contributed by atoms with Gasteiger partial charge in [0, 0.05) is 5.56 Å². The van der Waals surface area contributed by atoms with E-state index in [0.717, 1.165) is 21.3 Å². The highest BCUT2D eigenvalue weighted by Gasteiger charge is 2.09. The number of anilines is 1. The molecule has 2 rings (SSSR count). The number of aromatic nitrogens is 1. The molecule has 0 amide bonds. The van der Waals surface area contributed by atoms with Crippen LogP contribution in [-0.4, -0.2) is 10.1 Å². The molecule has 5 heteroatoms. The SMILES string of the molecule is Cc1cc(O)c(C)c2sc(N)nc12.[Cl-]. The molecule has 0 aliphatic carbocycles. The molecule has 0 aliphatic heterocycles.